The fraction of sp³-hybridized carbons (Fsp3) is 0.421. The maximum absolute atomic E-state index is 11.4. The van der Waals surface area contributed by atoms with E-state index in [4.69, 9.17) is 9.56 Å². The largest absolute Gasteiger partial charge is 0.469 e. The zero-order valence-electron chi connectivity index (χ0n) is 16.8. The summed E-state index contributed by atoms with van der Waals surface area (Å²) in [5.74, 6) is 1.61. The van der Waals surface area contributed by atoms with E-state index < -0.39 is 10.0 Å². The van der Waals surface area contributed by atoms with Crippen LogP contribution in [0, 0.1) is 0 Å². The molecule has 0 saturated heterocycles. The fourth-order valence-electron chi connectivity index (χ4n) is 2.26. The number of furan rings is 1. The molecule has 0 spiro atoms. The van der Waals surface area contributed by atoms with Crippen molar-refractivity contribution in [3.63, 3.8) is 0 Å². The Morgan fingerprint density at radius 2 is 1.90 bits per heavy atom. The Hall–Kier alpha value is -1.24. The second-order valence-corrected chi connectivity index (χ2v) is 10.0. The Morgan fingerprint density at radius 3 is 2.45 bits per heavy atom. The van der Waals surface area contributed by atoms with Crippen LogP contribution < -0.4 is 15.8 Å². The van der Waals surface area contributed by atoms with Crippen molar-refractivity contribution in [2.45, 2.75) is 36.5 Å². The average Bonchev–Trinajstić information content (AvgIpc) is 3.16. The van der Waals surface area contributed by atoms with Crippen LogP contribution in [-0.4, -0.2) is 38.5 Å². The van der Waals surface area contributed by atoms with Gasteiger partial charge in [0, 0.05) is 24.3 Å². The van der Waals surface area contributed by atoms with E-state index in [9.17, 15) is 8.42 Å². The van der Waals surface area contributed by atoms with Gasteiger partial charge in [-0.25, -0.2) is 18.5 Å². The van der Waals surface area contributed by atoms with Crippen LogP contribution in [0.15, 0.2) is 57.0 Å². The summed E-state index contributed by atoms with van der Waals surface area (Å²) in [5, 5.41) is 11.8. The maximum atomic E-state index is 11.4. The van der Waals surface area contributed by atoms with E-state index in [-0.39, 0.29) is 33.6 Å². The molecule has 1 aromatic carbocycles. The van der Waals surface area contributed by atoms with E-state index >= 15 is 0 Å². The first-order valence-corrected chi connectivity index (χ1v) is 11.7. The van der Waals surface area contributed by atoms with Gasteiger partial charge in [0.15, 0.2) is 5.96 Å². The minimum atomic E-state index is -3.68. The van der Waals surface area contributed by atoms with E-state index in [1.54, 1.807) is 30.2 Å². The van der Waals surface area contributed by atoms with Gasteiger partial charge in [-0.05, 0) is 49.9 Å². The minimum Gasteiger partial charge on any atom is -0.469 e. The third kappa shape index (κ3) is 9.41. The van der Waals surface area contributed by atoms with E-state index in [0.717, 1.165) is 24.3 Å². The number of thioether (sulfide) groups is 1. The number of aliphatic imine (C=N–C) groups is 1. The fourth-order valence-corrected chi connectivity index (χ4v) is 2.99. The van der Waals surface area contributed by atoms with Gasteiger partial charge in [0.25, 0.3) is 0 Å². The van der Waals surface area contributed by atoms with Crippen LogP contribution in [0.2, 0.25) is 0 Å². The number of halogens is 1. The molecule has 0 fully saturated rings. The number of benzene rings is 1. The summed E-state index contributed by atoms with van der Waals surface area (Å²) >= 11 is 1.78. The number of nitrogens with one attached hydrogen (secondary N) is 2. The quantitative estimate of drug-likeness (QED) is 0.251. The normalized spacial score (nSPS) is 12.3. The molecule has 0 saturated carbocycles. The molecule has 10 heteroatoms. The van der Waals surface area contributed by atoms with E-state index in [2.05, 4.69) is 35.7 Å². The second-order valence-electron chi connectivity index (χ2n) is 6.93. The third-order valence-corrected chi connectivity index (χ3v) is 6.33. The molecule has 0 radical (unpaired) electrons. The Kier molecular flexibility index (Phi) is 10.5. The van der Waals surface area contributed by atoms with Crippen molar-refractivity contribution in [3.8, 4) is 0 Å². The molecule has 2 aromatic rings. The predicted molar refractivity (Wildman–Crippen MR) is 130 cm³/mol. The van der Waals surface area contributed by atoms with Crippen LogP contribution in [0.1, 0.15) is 25.2 Å². The van der Waals surface area contributed by atoms with Crippen LogP contribution in [0.4, 0.5) is 0 Å². The first kappa shape index (κ1) is 25.8. The Balaban J connectivity index is 0.00000420. The van der Waals surface area contributed by atoms with Crippen LogP contribution >= 0.6 is 35.7 Å². The molecule has 0 atom stereocenters. The summed E-state index contributed by atoms with van der Waals surface area (Å²) in [6.45, 7) is 6.18. The highest BCUT2D eigenvalue weighted by Crippen LogP contribution is 2.19. The lowest BCUT2D eigenvalue weighted by molar-refractivity contribution is 0.506. The minimum absolute atomic E-state index is 0. The Morgan fingerprint density at radius 1 is 1.21 bits per heavy atom. The van der Waals surface area contributed by atoms with Crippen molar-refractivity contribution < 1.29 is 12.8 Å². The van der Waals surface area contributed by atoms with Crippen LogP contribution in [0.25, 0.3) is 0 Å². The number of primary sulfonamides is 1. The maximum Gasteiger partial charge on any atom is 0.238 e. The van der Waals surface area contributed by atoms with Crippen LogP contribution in [0.3, 0.4) is 0 Å². The molecule has 1 heterocycles. The SMILES string of the molecule is CSC(C)(C)CNC(=NCc1ccc(S(N)(=O)=O)cc1)NCCc1ccco1.I. The molecule has 0 aliphatic carbocycles. The van der Waals surface area contributed by atoms with Gasteiger partial charge in [0.2, 0.25) is 10.0 Å². The molecule has 0 unspecified atom stereocenters. The predicted octanol–water partition coefficient (Wildman–Crippen LogP) is 2.96. The molecule has 1 aromatic heterocycles. The smallest absolute Gasteiger partial charge is 0.238 e. The van der Waals surface area contributed by atoms with Crippen molar-refractivity contribution >= 4 is 51.7 Å². The van der Waals surface area contributed by atoms with Crippen molar-refractivity contribution in [1.29, 1.82) is 0 Å². The van der Waals surface area contributed by atoms with Gasteiger partial charge in [-0.15, -0.1) is 24.0 Å². The topological polar surface area (TPSA) is 110 Å². The number of nitrogens with two attached hydrogens (primary N) is 1. The number of hydrogen-bond donors (Lipinski definition) is 3. The first-order valence-electron chi connectivity index (χ1n) is 8.91. The lowest BCUT2D eigenvalue weighted by Gasteiger charge is -2.24. The highest BCUT2D eigenvalue weighted by atomic mass is 127. The van der Waals surface area contributed by atoms with Crippen molar-refractivity contribution in [2.24, 2.45) is 10.1 Å². The molecule has 4 N–H and O–H groups in total. The summed E-state index contributed by atoms with van der Waals surface area (Å²) in [7, 11) is -3.68. The van der Waals surface area contributed by atoms with Crippen LogP contribution in [0.5, 0.6) is 0 Å². The Labute approximate surface area is 194 Å². The van der Waals surface area contributed by atoms with Crippen molar-refractivity contribution in [2.75, 3.05) is 19.3 Å². The highest BCUT2D eigenvalue weighted by molar-refractivity contribution is 14.0. The van der Waals surface area contributed by atoms with E-state index in [1.807, 2.05) is 12.1 Å². The molecule has 2 rings (SSSR count). The molecule has 0 aliphatic heterocycles. The van der Waals surface area contributed by atoms with Gasteiger partial charge < -0.3 is 15.1 Å². The van der Waals surface area contributed by atoms with Gasteiger partial charge in [0.05, 0.1) is 17.7 Å². The molecule has 162 valence electrons. The molecule has 7 nitrogen and oxygen atoms in total. The number of sulfonamides is 1. The summed E-state index contributed by atoms with van der Waals surface area (Å²) in [6.07, 6.45) is 4.49. The average molecular weight is 553 g/mol. The van der Waals surface area contributed by atoms with Crippen molar-refractivity contribution in [1.82, 2.24) is 10.6 Å². The van der Waals surface area contributed by atoms with Gasteiger partial charge in [-0.1, -0.05) is 12.1 Å². The third-order valence-electron chi connectivity index (χ3n) is 4.15. The number of nitrogens with zero attached hydrogens (tertiary/aromatic N) is 1. The zero-order chi connectivity index (χ0) is 20.6. The lowest BCUT2D eigenvalue weighted by atomic mass is 10.2. The van der Waals surface area contributed by atoms with Crippen LogP contribution in [-0.2, 0) is 23.0 Å². The summed E-state index contributed by atoms with van der Waals surface area (Å²) in [4.78, 5) is 4.71. The zero-order valence-corrected chi connectivity index (χ0v) is 20.8. The highest BCUT2D eigenvalue weighted by Gasteiger charge is 2.16. The van der Waals surface area contributed by atoms with E-state index in [0.29, 0.717) is 19.0 Å². The van der Waals surface area contributed by atoms with Gasteiger partial charge in [0.1, 0.15) is 5.76 Å². The number of rotatable bonds is 9. The van der Waals surface area contributed by atoms with Crippen molar-refractivity contribution in [3.05, 3.63) is 54.0 Å². The number of hydrogen-bond acceptors (Lipinski definition) is 5. The van der Waals surface area contributed by atoms with Gasteiger partial charge >= 0.3 is 0 Å². The summed E-state index contributed by atoms with van der Waals surface area (Å²) < 4.78 is 28.1. The molecular formula is C19H29IN4O3S2. The Bertz CT molecular complexity index is 867. The van der Waals surface area contributed by atoms with Gasteiger partial charge in [-0.2, -0.15) is 11.8 Å². The molecule has 0 bridgehead atoms. The first-order chi connectivity index (χ1) is 13.2. The summed E-state index contributed by atoms with van der Waals surface area (Å²) in [6, 6.07) is 10.2. The number of guanidine groups is 1. The standard InChI is InChI=1S/C19H28N4O3S2.HI/c1-19(2,27-3)14-23-18(21-11-10-16-5-4-12-26-16)22-13-15-6-8-17(9-7-15)28(20,24)25;/h4-9,12H,10-11,13-14H2,1-3H3,(H2,20,24,25)(H2,21,22,23);1H. The van der Waals surface area contributed by atoms with E-state index in [1.165, 1.54) is 12.1 Å². The molecular weight excluding hydrogens is 523 g/mol. The van der Waals surface area contributed by atoms with Gasteiger partial charge in [-0.3, -0.25) is 0 Å². The molecule has 0 amide bonds. The molecule has 29 heavy (non-hydrogen) atoms. The second kappa shape index (κ2) is 11.8. The lowest BCUT2D eigenvalue weighted by Crippen LogP contribution is -2.44. The monoisotopic (exact) mass is 552 g/mol. The summed E-state index contributed by atoms with van der Waals surface area (Å²) in [5.41, 5.74) is 0.892. The molecule has 0 aliphatic rings.